The van der Waals surface area contributed by atoms with Gasteiger partial charge in [0, 0.05) is 6.04 Å². The van der Waals surface area contributed by atoms with E-state index in [0.717, 1.165) is 5.69 Å². The van der Waals surface area contributed by atoms with Crippen molar-refractivity contribution in [1.82, 2.24) is 10.7 Å². The zero-order chi connectivity index (χ0) is 14.5. The second kappa shape index (κ2) is 6.93. The third-order valence-electron chi connectivity index (χ3n) is 3.97. The van der Waals surface area contributed by atoms with E-state index in [9.17, 15) is 0 Å². The molecule has 0 unspecified atom stereocenters. The Kier molecular flexibility index (Phi) is 5.24. The molecule has 1 aliphatic rings. The molecule has 0 aromatic heterocycles. The van der Waals surface area contributed by atoms with Crippen molar-refractivity contribution in [3.8, 4) is 0 Å². The SMILES string of the molecule is Cc1cc(C)cc(NNC(=S)N[C@H]2CCCC[C@@H]2C)c1. The van der Waals surface area contributed by atoms with E-state index in [4.69, 9.17) is 12.2 Å². The van der Waals surface area contributed by atoms with Crippen LogP contribution in [0.4, 0.5) is 5.69 Å². The average molecular weight is 291 g/mol. The predicted octanol–water partition coefficient (Wildman–Crippen LogP) is 3.67. The molecule has 2 atom stereocenters. The number of hydrazine groups is 1. The zero-order valence-corrected chi connectivity index (χ0v) is 13.4. The summed E-state index contributed by atoms with van der Waals surface area (Å²) in [4.78, 5) is 0. The molecule has 1 saturated carbocycles. The maximum atomic E-state index is 5.37. The van der Waals surface area contributed by atoms with Gasteiger partial charge in [-0.15, -0.1) is 0 Å². The van der Waals surface area contributed by atoms with E-state index < -0.39 is 0 Å². The molecule has 3 nitrogen and oxygen atoms in total. The number of benzene rings is 1. The van der Waals surface area contributed by atoms with Gasteiger partial charge in [0.25, 0.3) is 0 Å². The van der Waals surface area contributed by atoms with E-state index in [-0.39, 0.29) is 0 Å². The fraction of sp³-hybridized carbons (Fsp3) is 0.562. The van der Waals surface area contributed by atoms with Crippen LogP contribution >= 0.6 is 12.2 Å². The number of anilines is 1. The summed E-state index contributed by atoms with van der Waals surface area (Å²) in [6.45, 7) is 6.49. The summed E-state index contributed by atoms with van der Waals surface area (Å²) in [5.74, 6) is 0.699. The minimum Gasteiger partial charge on any atom is -0.358 e. The molecule has 1 aromatic rings. The average Bonchev–Trinajstić information content (AvgIpc) is 2.38. The highest BCUT2D eigenvalue weighted by atomic mass is 32.1. The quantitative estimate of drug-likeness (QED) is 0.586. The van der Waals surface area contributed by atoms with E-state index in [1.54, 1.807) is 0 Å². The molecule has 1 aromatic carbocycles. The van der Waals surface area contributed by atoms with Gasteiger partial charge in [0.05, 0.1) is 5.69 Å². The van der Waals surface area contributed by atoms with Gasteiger partial charge in [-0.3, -0.25) is 10.9 Å². The van der Waals surface area contributed by atoms with Crippen LogP contribution in [-0.4, -0.2) is 11.2 Å². The van der Waals surface area contributed by atoms with Gasteiger partial charge in [0.15, 0.2) is 5.11 Å². The van der Waals surface area contributed by atoms with Crippen molar-refractivity contribution >= 4 is 23.0 Å². The first kappa shape index (κ1) is 15.1. The number of hydrogen-bond acceptors (Lipinski definition) is 2. The number of hydrogen-bond donors (Lipinski definition) is 3. The van der Waals surface area contributed by atoms with Crippen molar-refractivity contribution in [1.29, 1.82) is 0 Å². The normalized spacial score (nSPS) is 22.1. The first-order valence-electron chi connectivity index (χ1n) is 7.45. The highest BCUT2D eigenvalue weighted by molar-refractivity contribution is 7.80. The molecule has 0 radical (unpaired) electrons. The van der Waals surface area contributed by atoms with Crippen LogP contribution in [0, 0.1) is 19.8 Å². The van der Waals surface area contributed by atoms with Crippen LogP contribution in [0.5, 0.6) is 0 Å². The van der Waals surface area contributed by atoms with Gasteiger partial charge in [-0.25, -0.2) is 0 Å². The minimum absolute atomic E-state index is 0.504. The Hall–Kier alpha value is -1.29. The Labute approximate surface area is 127 Å². The van der Waals surface area contributed by atoms with E-state index in [1.165, 1.54) is 36.8 Å². The molecule has 0 bridgehead atoms. The molecule has 20 heavy (non-hydrogen) atoms. The summed E-state index contributed by atoms with van der Waals surface area (Å²) in [6.07, 6.45) is 5.16. The lowest BCUT2D eigenvalue weighted by atomic mass is 9.86. The van der Waals surface area contributed by atoms with Gasteiger partial charge in [-0.1, -0.05) is 25.8 Å². The highest BCUT2D eigenvalue weighted by Gasteiger charge is 2.21. The van der Waals surface area contributed by atoms with Crippen LogP contribution in [0.25, 0.3) is 0 Å². The van der Waals surface area contributed by atoms with E-state index in [1.807, 2.05) is 0 Å². The summed E-state index contributed by atoms with van der Waals surface area (Å²) in [5.41, 5.74) is 9.80. The van der Waals surface area contributed by atoms with Gasteiger partial charge >= 0.3 is 0 Å². The number of aryl methyl sites for hydroxylation is 2. The largest absolute Gasteiger partial charge is 0.358 e. The van der Waals surface area contributed by atoms with Crippen LogP contribution in [0.3, 0.4) is 0 Å². The third-order valence-corrected chi connectivity index (χ3v) is 4.19. The first-order chi connectivity index (χ1) is 9.54. The molecule has 0 amide bonds. The van der Waals surface area contributed by atoms with Crippen LogP contribution in [-0.2, 0) is 0 Å². The maximum absolute atomic E-state index is 5.37. The molecule has 0 heterocycles. The molecule has 1 fully saturated rings. The molecule has 3 N–H and O–H groups in total. The van der Waals surface area contributed by atoms with E-state index in [0.29, 0.717) is 17.1 Å². The monoisotopic (exact) mass is 291 g/mol. The predicted molar refractivity (Wildman–Crippen MR) is 89.8 cm³/mol. The molecule has 110 valence electrons. The molecular weight excluding hydrogens is 266 g/mol. The third kappa shape index (κ3) is 4.37. The van der Waals surface area contributed by atoms with Crippen molar-refractivity contribution in [2.24, 2.45) is 5.92 Å². The molecular formula is C16H25N3S. The second-order valence-electron chi connectivity index (χ2n) is 5.97. The summed E-state index contributed by atoms with van der Waals surface area (Å²) >= 11 is 5.37. The topological polar surface area (TPSA) is 36.1 Å². The summed E-state index contributed by atoms with van der Waals surface area (Å²) in [7, 11) is 0. The lowest BCUT2D eigenvalue weighted by Crippen LogP contribution is -2.47. The smallest absolute Gasteiger partial charge is 0.185 e. The Morgan fingerprint density at radius 2 is 1.75 bits per heavy atom. The highest BCUT2D eigenvalue weighted by Crippen LogP contribution is 2.23. The zero-order valence-electron chi connectivity index (χ0n) is 12.6. The molecule has 0 spiro atoms. The van der Waals surface area contributed by atoms with Crippen LogP contribution in [0.2, 0.25) is 0 Å². The Morgan fingerprint density at radius 3 is 2.40 bits per heavy atom. The number of thiocarbonyl (C=S) groups is 1. The fourth-order valence-electron chi connectivity index (χ4n) is 2.91. The minimum atomic E-state index is 0.504. The lowest BCUT2D eigenvalue weighted by molar-refractivity contribution is 0.308. The van der Waals surface area contributed by atoms with Crippen molar-refractivity contribution in [3.05, 3.63) is 29.3 Å². The Bertz CT molecular complexity index is 453. The Morgan fingerprint density at radius 1 is 1.10 bits per heavy atom. The van der Waals surface area contributed by atoms with Crippen molar-refractivity contribution < 1.29 is 0 Å². The van der Waals surface area contributed by atoms with Gasteiger partial charge in [-0.05, 0) is 68.1 Å². The number of rotatable bonds is 3. The van der Waals surface area contributed by atoms with Crippen molar-refractivity contribution in [2.75, 3.05) is 5.43 Å². The first-order valence-corrected chi connectivity index (χ1v) is 7.86. The van der Waals surface area contributed by atoms with E-state index >= 15 is 0 Å². The molecule has 2 rings (SSSR count). The molecule has 4 heteroatoms. The van der Waals surface area contributed by atoms with Crippen molar-refractivity contribution in [3.63, 3.8) is 0 Å². The standard InChI is InChI=1S/C16H25N3S/c1-11-8-12(2)10-14(9-11)18-19-16(20)17-15-7-5-4-6-13(15)3/h8-10,13,15,18H,4-7H2,1-3H3,(H2,17,19,20)/t13-,15-/m0/s1. The van der Waals surface area contributed by atoms with Gasteiger partial charge in [0.1, 0.15) is 0 Å². The van der Waals surface area contributed by atoms with Crippen LogP contribution in [0.1, 0.15) is 43.7 Å². The van der Waals surface area contributed by atoms with Crippen LogP contribution in [0.15, 0.2) is 18.2 Å². The summed E-state index contributed by atoms with van der Waals surface area (Å²) in [5, 5.41) is 4.11. The van der Waals surface area contributed by atoms with Gasteiger partial charge in [0.2, 0.25) is 0 Å². The maximum Gasteiger partial charge on any atom is 0.185 e. The lowest BCUT2D eigenvalue weighted by Gasteiger charge is -2.30. The Balaban J connectivity index is 1.82. The van der Waals surface area contributed by atoms with Gasteiger partial charge in [-0.2, -0.15) is 0 Å². The van der Waals surface area contributed by atoms with Crippen molar-refractivity contribution in [2.45, 2.75) is 52.5 Å². The second-order valence-corrected chi connectivity index (χ2v) is 6.38. The van der Waals surface area contributed by atoms with Gasteiger partial charge < -0.3 is 5.32 Å². The molecule has 0 aliphatic heterocycles. The molecule has 0 saturated heterocycles. The molecule has 1 aliphatic carbocycles. The summed E-state index contributed by atoms with van der Waals surface area (Å²) in [6, 6.07) is 6.87. The van der Waals surface area contributed by atoms with E-state index in [2.05, 4.69) is 55.1 Å². The number of nitrogens with one attached hydrogen (secondary N) is 3. The fourth-order valence-corrected chi connectivity index (χ4v) is 3.11. The summed E-state index contributed by atoms with van der Waals surface area (Å²) < 4.78 is 0. The van der Waals surface area contributed by atoms with Crippen LogP contribution < -0.4 is 16.2 Å².